The Balaban J connectivity index is 0.764. The van der Waals surface area contributed by atoms with Crippen LogP contribution in [-0.4, -0.2) is 119 Å². The molecule has 0 atom stereocenters. The van der Waals surface area contributed by atoms with Crippen molar-refractivity contribution >= 4 is 52.8 Å². The van der Waals surface area contributed by atoms with Gasteiger partial charge in [-0.05, 0) is 80.8 Å². The number of hydrogen-bond donors (Lipinski definition) is 2. The minimum atomic E-state index is -0.871. The van der Waals surface area contributed by atoms with Gasteiger partial charge < -0.3 is 19.9 Å². The van der Waals surface area contributed by atoms with Crippen molar-refractivity contribution in [3.8, 4) is 11.8 Å². The number of anilines is 2. The number of hydrogen-bond acceptors (Lipinski definition) is 12. The second kappa shape index (κ2) is 16.5. The first-order valence-electron chi connectivity index (χ1n) is 19.6. The number of ether oxygens (including phenoxy) is 1. The maximum Gasteiger partial charge on any atom is 0.343 e. The Morgan fingerprint density at radius 2 is 1.60 bits per heavy atom. The molecule has 0 radical (unpaired) electrons. The second-order valence-electron chi connectivity index (χ2n) is 15.3. The lowest BCUT2D eigenvalue weighted by Gasteiger charge is -2.39. The highest BCUT2D eigenvalue weighted by Crippen LogP contribution is 2.33. The first kappa shape index (κ1) is 39.0. The number of urea groups is 1. The summed E-state index contributed by atoms with van der Waals surface area (Å²) in [6, 6.07) is 12.3. The quantitative estimate of drug-likeness (QED) is 0.299. The van der Waals surface area contributed by atoms with Crippen LogP contribution in [0.3, 0.4) is 0 Å². The first-order chi connectivity index (χ1) is 28.0. The number of nitrogens with zero attached hydrogens (tertiary/aromatic N) is 8. The van der Waals surface area contributed by atoms with E-state index in [0.29, 0.717) is 53.4 Å². The number of carbonyl (C=O) groups is 5. The van der Waals surface area contributed by atoms with Crippen molar-refractivity contribution in [2.75, 3.05) is 62.2 Å². The van der Waals surface area contributed by atoms with E-state index in [-0.39, 0.29) is 53.5 Å². The van der Waals surface area contributed by atoms with Gasteiger partial charge in [0.2, 0.25) is 5.91 Å². The fraction of sp³-hybridized carbons (Fsp3) is 0.450. The van der Waals surface area contributed by atoms with E-state index < -0.39 is 29.6 Å². The molecule has 3 saturated heterocycles. The Bertz CT molecular complexity index is 2160. The average molecular weight is 813 g/mol. The maximum atomic E-state index is 15.4. The number of benzene rings is 2. The predicted molar refractivity (Wildman–Crippen MR) is 208 cm³/mol. The number of halogens is 2. The third-order valence-corrected chi connectivity index (χ3v) is 11.9. The fourth-order valence-corrected chi connectivity index (χ4v) is 8.59. The Kier molecular flexibility index (Phi) is 11.1. The van der Waals surface area contributed by atoms with Crippen LogP contribution in [0.1, 0.15) is 81.7 Å². The molecule has 8 rings (SSSR count). The number of amides is 6. The van der Waals surface area contributed by atoms with Gasteiger partial charge in [-0.2, -0.15) is 10.3 Å². The van der Waals surface area contributed by atoms with Crippen molar-refractivity contribution < 1.29 is 33.1 Å². The Labute approximate surface area is 338 Å². The third kappa shape index (κ3) is 8.12. The third-order valence-electron chi connectivity index (χ3n) is 11.6. The molecule has 4 aliphatic heterocycles. The van der Waals surface area contributed by atoms with E-state index in [9.17, 15) is 24.0 Å². The highest BCUT2D eigenvalue weighted by molar-refractivity contribution is 6.31. The predicted octanol–water partition coefficient (Wildman–Crippen LogP) is 3.75. The first-order valence-corrected chi connectivity index (χ1v) is 20.0. The molecule has 1 aromatic heterocycles. The van der Waals surface area contributed by atoms with Crippen LogP contribution in [0.4, 0.5) is 20.7 Å². The standard InChI is InChI=1S/C40H42ClFN10O6/c41-31-19-28(4-1-25(31)22-43)58-27-5-2-26(3-6-27)44-37(54)33-7-8-35(47-46-33)50-12-9-24(10-13-50)23-48-15-17-49(18-16-48)34-21-30-29(20-32(34)42)38(55)52(39(30)56)51-14-11-36(53)45-40(51)57/h1,4,7-8,19-21,24,26-27H,2-3,5-6,9-18,23H2,(H,44,54)(H,45,53,57). The zero-order valence-electron chi connectivity index (χ0n) is 31.7. The molecule has 0 bridgehead atoms. The van der Waals surface area contributed by atoms with Crippen LogP contribution >= 0.6 is 11.6 Å². The highest BCUT2D eigenvalue weighted by atomic mass is 35.5. The lowest BCUT2D eigenvalue weighted by molar-refractivity contribution is -0.122. The molecular weight excluding hydrogens is 771 g/mol. The van der Waals surface area contributed by atoms with E-state index in [0.717, 1.165) is 75.1 Å². The van der Waals surface area contributed by atoms with Gasteiger partial charge in [0.25, 0.3) is 17.7 Å². The van der Waals surface area contributed by atoms with Crippen LogP contribution in [-0.2, 0) is 4.79 Å². The molecule has 5 aliphatic rings. The number of aromatic nitrogens is 2. The summed E-state index contributed by atoms with van der Waals surface area (Å²) in [5.41, 5.74) is 0.826. The second-order valence-corrected chi connectivity index (χ2v) is 15.7. The van der Waals surface area contributed by atoms with E-state index in [1.165, 1.54) is 6.07 Å². The van der Waals surface area contributed by atoms with Crippen LogP contribution in [0.25, 0.3) is 0 Å². The molecule has 18 heteroatoms. The van der Waals surface area contributed by atoms with Crippen LogP contribution in [0, 0.1) is 23.1 Å². The molecular formula is C40H42ClFN10O6. The van der Waals surface area contributed by atoms with Crippen LogP contribution < -0.4 is 25.2 Å². The van der Waals surface area contributed by atoms with Gasteiger partial charge in [0.05, 0.1) is 40.0 Å². The van der Waals surface area contributed by atoms with Gasteiger partial charge in [-0.1, -0.05) is 11.6 Å². The number of nitrogens with one attached hydrogen (secondary N) is 2. The van der Waals surface area contributed by atoms with Gasteiger partial charge in [0, 0.05) is 64.3 Å². The van der Waals surface area contributed by atoms with Crippen LogP contribution in [0.15, 0.2) is 42.5 Å². The van der Waals surface area contributed by atoms with Crippen LogP contribution in [0.5, 0.6) is 5.75 Å². The lowest BCUT2D eigenvalue weighted by Crippen LogP contribution is -2.58. The molecule has 0 spiro atoms. The van der Waals surface area contributed by atoms with E-state index in [4.69, 9.17) is 21.6 Å². The highest BCUT2D eigenvalue weighted by Gasteiger charge is 2.44. The molecule has 4 fully saturated rings. The lowest BCUT2D eigenvalue weighted by atomic mass is 9.93. The number of nitriles is 1. The smallest absolute Gasteiger partial charge is 0.343 e. The van der Waals surface area contributed by atoms with E-state index >= 15 is 4.39 Å². The molecule has 302 valence electrons. The van der Waals surface area contributed by atoms with Crippen molar-refractivity contribution in [1.29, 1.82) is 5.26 Å². The Morgan fingerprint density at radius 3 is 2.26 bits per heavy atom. The number of rotatable bonds is 9. The van der Waals surface area contributed by atoms with Crippen molar-refractivity contribution in [2.24, 2.45) is 5.92 Å². The number of piperidine rings is 1. The maximum absolute atomic E-state index is 15.4. The number of fused-ring (bicyclic) bond motifs is 1. The normalized spacial score (nSPS) is 21.8. The van der Waals surface area contributed by atoms with Crippen molar-refractivity contribution in [2.45, 2.75) is 57.1 Å². The molecule has 16 nitrogen and oxygen atoms in total. The number of piperazine rings is 1. The van der Waals surface area contributed by atoms with E-state index in [1.807, 2.05) is 17.0 Å². The summed E-state index contributed by atoms with van der Waals surface area (Å²) in [6.45, 7) is 4.88. The SMILES string of the molecule is N#Cc1ccc(OC2CCC(NC(=O)c3ccc(N4CCC(CN5CCN(c6cc7c(cc6F)C(=O)N(N6CCC(=O)NC6=O)C7=O)CC5)CC4)nn3)CC2)cc1Cl. The Morgan fingerprint density at radius 1 is 0.879 bits per heavy atom. The fourth-order valence-electron chi connectivity index (χ4n) is 8.38. The molecule has 2 N–H and O–H groups in total. The van der Waals surface area contributed by atoms with Crippen molar-refractivity contribution in [3.05, 3.63) is 75.7 Å². The molecule has 0 unspecified atom stereocenters. The van der Waals surface area contributed by atoms with Gasteiger partial charge in [-0.15, -0.1) is 10.2 Å². The summed E-state index contributed by atoms with van der Waals surface area (Å²) in [4.78, 5) is 69.6. The molecule has 1 aliphatic carbocycles. The molecule has 5 heterocycles. The Hall–Kier alpha value is -5.86. The van der Waals surface area contributed by atoms with Gasteiger partial charge in [0.15, 0.2) is 11.5 Å². The molecule has 1 saturated carbocycles. The number of carbonyl (C=O) groups excluding carboxylic acids is 5. The summed E-state index contributed by atoms with van der Waals surface area (Å²) in [5, 5.41) is 24.8. The largest absolute Gasteiger partial charge is 0.490 e. The molecule has 2 aromatic carbocycles. The molecule has 58 heavy (non-hydrogen) atoms. The molecule has 3 aromatic rings. The average Bonchev–Trinajstić information content (AvgIpc) is 3.46. The van der Waals surface area contributed by atoms with Crippen molar-refractivity contribution in [1.82, 2.24) is 35.7 Å². The van der Waals surface area contributed by atoms with Gasteiger partial charge in [-0.25, -0.2) is 14.2 Å². The van der Waals surface area contributed by atoms with Crippen LogP contribution in [0.2, 0.25) is 5.02 Å². The summed E-state index contributed by atoms with van der Waals surface area (Å²) < 4.78 is 21.5. The minimum Gasteiger partial charge on any atom is -0.490 e. The van der Waals surface area contributed by atoms with Gasteiger partial charge in [-0.3, -0.25) is 29.4 Å². The summed E-state index contributed by atoms with van der Waals surface area (Å²) >= 11 is 6.14. The van der Waals surface area contributed by atoms with E-state index in [2.05, 4.69) is 30.6 Å². The summed E-state index contributed by atoms with van der Waals surface area (Å²) in [6.07, 6.45) is 4.95. The summed E-state index contributed by atoms with van der Waals surface area (Å²) in [5.74, 6) is -1.06. The topological polar surface area (TPSA) is 184 Å². The number of hydrazine groups is 1. The zero-order chi connectivity index (χ0) is 40.5. The van der Waals surface area contributed by atoms with Crippen molar-refractivity contribution in [3.63, 3.8) is 0 Å². The number of imide groups is 2. The minimum absolute atomic E-state index is 0.00422. The molecule has 6 amide bonds. The van der Waals surface area contributed by atoms with Gasteiger partial charge in [0.1, 0.15) is 17.6 Å². The van der Waals surface area contributed by atoms with Gasteiger partial charge >= 0.3 is 6.03 Å². The summed E-state index contributed by atoms with van der Waals surface area (Å²) in [7, 11) is 0. The monoisotopic (exact) mass is 812 g/mol. The zero-order valence-corrected chi connectivity index (χ0v) is 32.4. The van der Waals surface area contributed by atoms with E-state index in [1.54, 1.807) is 24.3 Å².